The van der Waals surface area contributed by atoms with Gasteiger partial charge in [-0.15, -0.1) is 0 Å². The van der Waals surface area contributed by atoms with Gasteiger partial charge in [0, 0.05) is 51.2 Å². The third-order valence-electron chi connectivity index (χ3n) is 14.6. The van der Waals surface area contributed by atoms with Gasteiger partial charge in [-0.05, 0) is 141 Å². The summed E-state index contributed by atoms with van der Waals surface area (Å²) in [6, 6.07) is 94.0. The van der Waals surface area contributed by atoms with Crippen molar-refractivity contribution in [1.29, 1.82) is 0 Å². The summed E-state index contributed by atoms with van der Waals surface area (Å²) in [7, 11) is 0. The molecule has 3 nitrogen and oxygen atoms in total. The van der Waals surface area contributed by atoms with Gasteiger partial charge in [0.25, 0.3) is 6.71 Å². The number of para-hydroxylation sites is 3. The molecule has 10 aromatic rings. The summed E-state index contributed by atoms with van der Waals surface area (Å²) < 4.78 is 0. The minimum absolute atomic E-state index is 0.0321. The van der Waals surface area contributed by atoms with Gasteiger partial charge in [-0.3, -0.25) is 0 Å². The average molecular weight is 900 g/mol. The number of aryl methyl sites for hydroxylation is 1. The highest BCUT2D eigenvalue weighted by molar-refractivity contribution is 7.00. The molecule has 0 N–H and O–H groups in total. The molecule has 0 fully saturated rings. The van der Waals surface area contributed by atoms with Crippen LogP contribution in [0.15, 0.2) is 255 Å². The van der Waals surface area contributed by atoms with E-state index in [1.54, 1.807) is 0 Å². The predicted molar refractivity (Wildman–Crippen MR) is 297 cm³/mol. The zero-order valence-electron chi connectivity index (χ0n) is 40.2. The van der Waals surface area contributed by atoms with Gasteiger partial charge in [0.1, 0.15) is 0 Å². The van der Waals surface area contributed by atoms with Crippen LogP contribution < -0.4 is 31.1 Å². The number of fused-ring (bicyclic) bond motifs is 4. The van der Waals surface area contributed by atoms with Crippen LogP contribution in [0.1, 0.15) is 54.2 Å². The summed E-state index contributed by atoms with van der Waals surface area (Å²) in [6.07, 6.45) is 0. The first-order chi connectivity index (χ1) is 34.3. The largest absolute Gasteiger partial charge is 0.311 e. The lowest BCUT2D eigenvalue weighted by molar-refractivity contribution is 0.590. The summed E-state index contributed by atoms with van der Waals surface area (Å²) in [4.78, 5) is 7.40. The molecule has 0 saturated heterocycles. The molecule has 0 aliphatic carbocycles. The molecule has 0 amide bonds. The van der Waals surface area contributed by atoms with Crippen LogP contribution in [0, 0.1) is 6.92 Å². The summed E-state index contributed by atoms with van der Waals surface area (Å²) in [5.41, 5.74) is 21.1. The van der Waals surface area contributed by atoms with E-state index in [0.29, 0.717) is 0 Å². The third kappa shape index (κ3) is 7.13. The van der Waals surface area contributed by atoms with Crippen molar-refractivity contribution in [2.45, 2.75) is 38.5 Å². The molecule has 2 aliphatic heterocycles. The second kappa shape index (κ2) is 17.3. The minimum Gasteiger partial charge on any atom is -0.311 e. The normalized spacial score (nSPS) is 12.8. The van der Waals surface area contributed by atoms with Crippen LogP contribution in [-0.4, -0.2) is 6.71 Å². The van der Waals surface area contributed by atoms with Gasteiger partial charge in [0.05, 0.1) is 5.41 Å². The molecular formula is C66H54BN3. The van der Waals surface area contributed by atoms with E-state index in [2.05, 4.69) is 297 Å². The summed E-state index contributed by atoms with van der Waals surface area (Å²) in [6.45, 7) is 9.28. The molecule has 10 aromatic carbocycles. The molecule has 0 aromatic heterocycles. The first kappa shape index (κ1) is 43.0. The van der Waals surface area contributed by atoms with Crippen molar-refractivity contribution in [3.05, 3.63) is 288 Å². The topological polar surface area (TPSA) is 9.72 Å². The zero-order chi connectivity index (χ0) is 47.4. The van der Waals surface area contributed by atoms with Gasteiger partial charge in [-0.2, -0.15) is 0 Å². The zero-order valence-corrected chi connectivity index (χ0v) is 40.2. The van der Waals surface area contributed by atoms with Crippen LogP contribution in [0.2, 0.25) is 0 Å². The first-order valence-electron chi connectivity index (χ1n) is 24.5. The molecule has 2 aliphatic rings. The fourth-order valence-corrected chi connectivity index (χ4v) is 11.3. The van der Waals surface area contributed by atoms with Gasteiger partial charge < -0.3 is 14.7 Å². The average Bonchev–Trinajstić information content (AvgIpc) is 3.41. The third-order valence-corrected chi connectivity index (χ3v) is 14.6. The minimum atomic E-state index is -0.546. The van der Waals surface area contributed by atoms with Gasteiger partial charge in [-0.1, -0.05) is 196 Å². The Balaban J connectivity index is 1.06. The van der Waals surface area contributed by atoms with Crippen molar-refractivity contribution in [1.82, 2.24) is 0 Å². The van der Waals surface area contributed by atoms with E-state index < -0.39 is 5.41 Å². The molecule has 12 rings (SSSR count). The van der Waals surface area contributed by atoms with Crippen LogP contribution >= 0.6 is 0 Å². The van der Waals surface area contributed by atoms with Crippen LogP contribution in [0.5, 0.6) is 0 Å². The van der Waals surface area contributed by atoms with Gasteiger partial charge >= 0.3 is 0 Å². The van der Waals surface area contributed by atoms with E-state index >= 15 is 0 Å². The monoisotopic (exact) mass is 899 g/mol. The fourth-order valence-electron chi connectivity index (χ4n) is 11.3. The van der Waals surface area contributed by atoms with Crippen molar-refractivity contribution < 1.29 is 0 Å². The van der Waals surface area contributed by atoms with Crippen molar-refractivity contribution in [2.24, 2.45) is 0 Å². The quantitative estimate of drug-likeness (QED) is 0.106. The molecule has 0 saturated carbocycles. The Morgan fingerprint density at radius 1 is 0.343 bits per heavy atom. The van der Waals surface area contributed by atoms with E-state index in [1.165, 1.54) is 72.5 Å². The van der Waals surface area contributed by atoms with Crippen molar-refractivity contribution in [2.75, 3.05) is 14.7 Å². The Bertz CT molecular complexity index is 3330. The van der Waals surface area contributed by atoms with Gasteiger partial charge in [0.2, 0.25) is 0 Å². The molecule has 0 atom stereocenters. The smallest absolute Gasteiger partial charge is 0.252 e. The van der Waals surface area contributed by atoms with Gasteiger partial charge in [0.15, 0.2) is 0 Å². The van der Waals surface area contributed by atoms with E-state index in [1.807, 2.05) is 0 Å². The van der Waals surface area contributed by atoms with Crippen LogP contribution in [-0.2, 0) is 10.8 Å². The molecule has 70 heavy (non-hydrogen) atoms. The SMILES string of the molecule is Cc1ccc2c(c1)B1c3ccccc3N(c3ccc(C(c4ccccc4)(c4ccccc4)c4ccccc4)cc3)c3cc(C(C)(C)C)cc(c31)N2c1ccc(N(c2ccccc2)c2ccccc2)cc1. The number of hydrogen-bond acceptors (Lipinski definition) is 3. The fraction of sp³-hybridized carbons (Fsp3) is 0.0909. The number of anilines is 9. The second-order valence-corrected chi connectivity index (χ2v) is 19.8. The summed E-state index contributed by atoms with van der Waals surface area (Å²) >= 11 is 0. The van der Waals surface area contributed by atoms with Crippen LogP contribution in [0.25, 0.3) is 0 Å². The van der Waals surface area contributed by atoms with Crippen molar-refractivity contribution in [3.63, 3.8) is 0 Å². The van der Waals surface area contributed by atoms with E-state index in [9.17, 15) is 0 Å². The van der Waals surface area contributed by atoms with Gasteiger partial charge in [-0.25, -0.2) is 0 Å². The van der Waals surface area contributed by atoms with Crippen LogP contribution in [0.3, 0.4) is 0 Å². The lowest BCUT2D eigenvalue weighted by Crippen LogP contribution is -2.61. The van der Waals surface area contributed by atoms with Crippen LogP contribution in [0.4, 0.5) is 51.2 Å². The Morgan fingerprint density at radius 2 is 0.743 bits per heavy atom. The highest BCUT2D eigenvalue weighted by atomic mass is 15.2. The molecule has 2 heterocycles. The molecular weight excluding hydrogens is 846 g/mol. The van der Waals surface area contributed by atoms with E-state index in [-0.39, 0.29) is 12.1 Å². The molecule has 0 unspecified atom stereocenters. The maximum absolute atomic E-state index is 2.54. The molecule has 336 valence electrons. The highest BCUT2D eigenvalue weighted by Gasteiger charge is 2.44. The van der Waals surface area contributed by atoms with Crippen molar-refractivity contribution >= 4 is 74.3 Å². The Kier molecular flexibility index (Phi) is 10.6. The van der Waals surface area contributed by atoms with E-state index in [4.69, 9.17) is 0 Å². The Labute approximate surface area is 413 Å². The van der Waals surface area contributed by atoms with E-state index in [0.717, 1.165) is 28.4 Å². The van der Waals surface area contributed by atoms with Crippen molar-refractivity contribution in [3.8, 4) is 0 Å². The standard InChI is InChI=1S/C66H54BN3/c1-47-34-43-61-59(44-47)67-58-32-20-21-33-60(58)69(56-37-35-51(36-38-56)66(48-22-10-5-11-23-48,49-24-12-6-13-25-49)50-26-14-7-15-27-50)62-45-52(65(2,3)4)46-63(64(62)67)70(61)57-41-39-55(40-42-57)68(53-28-16-8-17-29-53)54-30-18-9-19-31-54/h5-46H,1-4H3. The number of hydrogen-bond donors (Lipinski definition) is 0. The molecule has 0 bridgehead atoms. The summed E-state index contributed by atoms with van der Waals surface area (Å²) in [5, 5.41) is 0. The maximum Gasteiger partial charge on any atom is 0.252 e. The predicted octanol–water partition coefficient (Wildman–Crippen LogP) is 15.2. The Hall–Kier alpha value is -8.34. The number of nitrogens with zero attached hydrogens (tertiary/aromatic N) is 3. The lowest BCUT2D eigenvalue weighted by Gasteiger charge is -2.45. The second-order valence-electron chi connectivity index (χ2n) is 19.8. The first-order valence-corrected chi connectivity index (χ1v) is 24.5. The summed E-state index contributed by atoms with van der Waals surface area (Å²) in [5.74, 6) is 0. The Morgan fingerprint density at radius 3 is 1.23 bits per heavy atom. The number of rotatable bonds is 9. The molecule has 0 spiro atoms. The maximum atomic E-state index is 2.54. The highest BCUT2D eigenvalue weighted by Crippen LogP contribution is 2.49. The number of benzene rings is 10. The molecule has 4 heteroatoms. The lowest BCUT2D eigenvalue weighted by atomic mass is 9.33. The molecule has 0 radical (unpaired) electrons.